The molecule has 0 saturated carbocycles. The third-order valence-electron chi connectivity index (χ3n) is 4.36. The van der Waals surface area contributed by atoms with E-state index in [9.17, 15) is 9.59 Å². The maximum Gasteiger partial charge on any atom is 0.345 e. The van der Waals surface area contributed by atoms with Crippen molar-refractivity contribution in [2.45, 2.75) is 39.7 Å². The molecular weight excluding hydrogens is 332 g/mol. The molecule has 1 aliphatic heterocycles. The molecule has 2 aromatic rings. The van der Waals surface area contributed by atoms with E-state index in [0.717, 1.165) is 12.1 Å². The van der Waals surface area contributed by atoms with Gasteiger partial charge in [-0.2, -0.15) is 5.10 Å². The number of hydrogen-bond acceptors (Lipinski definition) is 6. The molecule has 0 spiro atoms. The fourth-order valence-electron chi connectivity index (χ4n) is 2.89. The molecule has 7 nitrogen and oxygen atoms in total. The molecule has 7 heteroatoms. The predicted molar refractivity (Wildman–Crippen MR) is 99.7 cm³/mol. The Balaban J connectivity index is 1.95. The average molecular weight is 354 g/mol. The summed E-state index contributed by atoms with van der Waals surface area (Å²) in [6.45, 7) is 5.87. The van der Waals surface area contributed by atoms with Gasteiger partial charge in [0.1, 0.15) is 11.3 Å². The summed E-state index contributed by atoms with van der Waals surface area (Å²) in [5.41, 5.74) is 5.30. The molecule has 136 valence electrons. The second-order valence-electron chi connectivity index (χ2n) is 6.32. The van der Waals surface area contributed by atoms with Crippen molar-refractivity contribution in [3.05, 3.63) is 57.8 Å². The molecule has 1 atom stereocenters. The highest BCUT2D eigenvalue weighted by atomic mass is 16.5. The van der Waals surface area contributed by atoms with Crippen LogP contribution in [0, 0.1) is 6.92 Å². The number of hydrogen-bond donors (Lipinski definition) is 1. The summed E-state index contributed by atoms with van der Waals surface area (Å²) in [4.78, 5) is 29.0. The highest BCUT2D eigenvalue weighted by molar-refractivity contribution is 5.99. The smallest absolute Gasteiger partial charge is 0.345 e. The van der Waals surface area contributed by atoms with E-state index in [4.69, 9.17) is 4.74 Å². The Morgan fingerprint density at radius 2 is 2.12 bits per heavy atom. The quantitative estimate of drug-likeness (QED) is 0.674. The number of nitrogens with one attached hydrogen (secondary N) is 1. The van der Waals surface area contributed by atoms with Crippen LogP contribution < -0.4 is 11.0 Å². The molecule has 0 fully saturated rings. The van der Waals surface area contributed by atoms with Crippen LogP contribution in [0.1, 0.15) is 54.5 Å². The van der Waals surface area contributed by atoms with E-state index in [1.165, 1.54) is 16.3 Å². The first-order chi connectivity index (χ1) is 12.5. The molecule has 0 bridgehead atoms. The van der Waals surface area contributed by atoms with E-state index in [1.54, 1.807) is 6.92 Å². The lowest BCUT2D eigenvalue weighted by molar-refractivity contribution is 0.0522. The summed E-state index contributed by atoms with van der Waals surface area (Å²) in [6.07, 6.45) is 2.73. The van der Waals surface area contributed by atoms with E-state index in [2.05, 4.69) is 15.5 Å². The zero-order valence-corrected chi connectivity index (χ0v) is 15.2. The van der Waals surface area contributed by atoms with Crippen molar-refractivity contribution in [3.63, 3.8) is 0 Å². The predicted octanol–water partition coefficient (Wildman–Crippen LogP) is 2.90. The maximum atomic E-state index is 12.7. The number of benzene rings is 1. The van der Waals surface area contributed by atoms with Gasteiger partial charge >= 0.3 is 5.97 Å². The van der Waals surface area contributed by atoms with Crippen LogP contribution in [0.3, 0.4) is 0 Å². The fraction of sp³-hybridized carbons (Fsp3) is 0.368. The highest BCUT2D eigenvalue weighted by Gasteiger charge is 2.27. The normalized spacial score (nSPS) is 17.7. The summed E-state index contributed by atoms with van der Waals surface area (Å²) < 4.78 is 6.48. The third-order valence-corrected chi connectivity index (χ3v) is 4.36. The van der Waals surface area contributed by atoms with Crippen molar-refractivity contribution in [2.24, 2.45) is 5.10 Å². The van der Waals surface area contributed by atoms with Crippen molar-refractivity contribution in [1.29, 1.82) is 0 Å². The molecule has 0 aliphatic carbocycles. The third kappa shape index (κ3) is 3.51. The minimum absolute atomic E-state index is 0.0461. The van der Waals surface area contributed by atoms with Gasteiger partial charge in [-0.1, -0.05) is 17.7 Å². The zero-order valence-electron chi connectivity index (χ0n) is 15.2. The Hall–Kier alpha value is -2.96. The van der Waals surface area contributed by atoms with Gasteiger partial charge in [-0.3, -0.25) is 14.8 Å². The summed E-state index contributed by atoms with van der Waals surface area (Å²) in [6, 6.07) is 7.81. The summed E-state index contributed by atoms with van der Waals surface area (Å²) in [7, 11) is 0. The number of carbonyl (C=O) groups is 1. The molecule has 1 unspecified atom stereocenters. The van der Waals surface area contributed by atoms with Gasteiger partial charge < -0.3 is 4.74 Å². The zero-order chi connectivity index (χ0) is 18.7. The SMILES string of the molecule is CCOC(=O)c1cnc2n(c1=O)C(C)CCC2=NNc1ccc(C)cc1. The van der Waals surface area contributed by atoms with Crippen LogP contribution in [0.25, 0.3) is 0 Å². The molecule has 0 saturated heterocycles. The van der Waals surface area contributed by atoms with E-state index < -0.39 is 5.97 Å². The number of hydrazone groups is 1. The van der Waals surface area contributed by atoms with Crippen LogP contribution in [0.15, 0.2) is 40.4 Å². The lowest BCUT2D eigenvalue weighted by Gasteiger charge is -2.25. The van der Waals surface area contributed by atoms with Gasteiger partial charge in [0.25, 0.3) is 5.56 Å². The molecule has 1 aliphatic rings. The first-order valence-corrected chi connectivity index (χ1v) is 8.69. The second kappa shape index (κ2) is 7.51. The van der Waals surface area contributed by atoms with Gasteiger partial charge in [0.05, 0.1) is 12.3 Å². The Morgan fingerprint density at radius 3 is 2.81 bits per heavy atom. The van der Waals surface area contributed by atoms with Gasteiger partial charge in [-0.25, -0.2) is 9.78 Å². The Bertz CT molecular complexity index is 900. The number of anilines is 1. The lowest BCUT2D eigenvalue weighted by atomic mass is 10.0. The molecular formula is C19H22N4O3. The molecule has 3 rings (SSSR count). The molecule has 1 aromatic carbocycles. The van der Waals surface area contributed by atoms with Gasteiger partial charge in [-0.15, -0.1) is 0 Å². The fourth-order valence-corrected chi connectivity index (χ4v) is 2.89. The topological polar surface area (TPSA) is 85.6 Å². The van der Waals surface area contributed by atoms with Crippen LogP contribution >= 0.6 is 0 Å². The van der Waals surface area contributed by atoms with Crippen molar-refractivity contribution < 1.29 is 9.53 Å². The Morgan fingerprint density at radius 1 is 1.38 bits per heavy atom. The van der Waals surface area contributed by atoms with E-state index >= 15 is 0 Å². The first-order valence-electron chi connectivity index (χ1n) is 8.69. The van der Waals surface area contributed by atoms with E-state index in [-0.39, 0.29) is 23.8 Å². The van der Waals surface area contributed by atoms with Crippen LogP contribution in [0.4, 0.5) is 5.69 Å². The number of fused-ring (bicyclic) bond motifs is 1. The van der Waals surface area contributed by atoms with E-state index in [1.807, 2.05) is 38.1 Å². The van der Waals surface area contributed by atoms with Crippen LogP contribution in [0.2, 0.25) is 0 Å². The summed E-state index contributed by atoms with van der Waals surface area (Å²) in [5.74, 6) is -0.157. The minimum atomic E-state index is -0.644. The van der Waals surface area contributed by atoms with Crippen molar-refractivity contribution in [1.82, 2.24) is 9.55 Å². The van der Waals surface area contributed by atoms with Crippen LogP contribution in [-0.4, -0.2) is 27.8 Å². The number of esters is 1. The second-order valence-corrected chi connectivity index (χ2v) is 6.32. The maximum absolute atomic E-state index is 12.7. The number of ether oxygens (including phenoxy) is 1. The van der Waals surface area contributed by atoms with E-state index in [0.29, 0.717) is 18.0 Å². The van der Waals surface area contributed by atoms with Crippen molar-refractivity contribution in [3.8, 4) is 0 Å². The highest BCUT2D eigenvalue weighted by Crippen LogP contribution is 2.22. The van der Waals surface area contributed by atoms with Crippen LogP contribution in [-0.2, 0) is 4.74 Å². The number of aryl methyl sites for hydroxylation is 1. The monoisotopic (exact) mass is 354 g/mol. The molecule has 1 N–H and O–H groups in total. The number of nitrogens with zero attached hydrogens (tertiary/aromatic N) is 3. The van der Waals surface area contributed by atoms with Gasteiger partial charge in [0, 0.05) is 12.2 Å². The van der Waals surface area contributed by atoms with Gasteiger partial charge in [-0.05, 0) is 45.7 Å². The van der Waals surface area contributed by atoms with Crippen LogP contribution in [0.5, 0.6) is 0 Å². The molecule has 2 heterocycles. The Kier molecular flexibility index (Phi) is 5.16. The molecule has 0 amide bonds. The number of aromatic nitrogens is 2. The van der Waals surface area contributed by atoms with Crippen molar-refractivity contribution >= 4 is 17.4 Å². The number of rotatable bonds is 4. The van der Waals surface area contributed by atoms with Gasteiger partial charge in [0.2, 0.25) is 0 Å². The summed E-state index contributed by atoms with van der Waals surface area (Å²) >= 11 is 0. The largest absolute Gasteiger partial charge is 0.462 e. The number of carbonyl (C=O) groups excluding carboxylic acids is 1. The lowest BCUT2D eigenvalue weighted by Crippen LogP contribution is -2.37. The minimum Gasteiger partial charge on any atom is -0.462 e. The van der Waals surface area contributed by atoms with Gasteiger partial charge in [0.15, 0.2) is 5.82 Å². The molecule has 26 heavy (non-hydrogen) atoms. The standard InChI is InChI=1S/C19H22N4O3/c1-4-26-19(25)15-11-20-17-16(10-7-13(3)23(17)18(15)24)22-21-14-8-5-12(2)6-9-14/h5-6,8-9,11,13,21H,4,7,10H2,1-3H3. The molecule has 0 radical (unpaired) electrons. The summed E-state index contributed by atoms with van der Waals surface area (Å²) in [5, 5.41) is 4.44. The molecule has 1 aromatic heterocycles. The Labute approximate surface area is 151 Å². The first kappa shape index (κ1) is 17.8. The van der Waals surface area contributed by atoms with Crippen molar-refractivity contribution in [2.75, 3.05) is 12.0 Å². The average Bonchev–Trinajstić information content (AvgIpc) is 2.63.